The third-order valence-electron chi connectivity index (χ3n) is 4.72. The molecule has 3 aromatic carbocycles. The number of anilines is 1. The number of benzene rings is 3. The predicted molar refractivity (Wildman–Crippen MR) is 112 cm³/mol. The molecule has 0 fully saturated rings. The average molecular weight is 477 g/mol. The van der Waals surface area contributed by atoms with Crippen molar-refractivity contribution >= 4 is 40.8 Å². The van der Waals surface area contributed by atoms with Crippen LogP contribution in [0.4, 0.5) is 17.1 Å². The zero-order valence-electron chi connectivity index (χ0n) is 17.3. The molecular formula is C22H11N3O10-2. The topological polar surface area (TPSA) is 204 Å². The van der Waals surface area contributed by atoms with Crippen LogP contribution in [0.1, 0.15) is 41.4 Å². The molecule has 0 atom stereocenters. The second-order valence-electron chi connectivity index (χ2n) is 6.84. The molecule has 176 valence electrons. The summed E-state index contributed by atoms with van der Waals surface area (Å²) in [4.78, 5) is 70.8. The molecule has 0 aromatic heterocycles. The van der Waals surface area contributed by atoms with E-state index in [1.54, 1.807) is 0 Å². The third-order valence-corrected chi connectivity index (χ3v) is 4.72. The van der Waals surface area contributed by atoms with Gasteiger partial charge in [0.1, 0.15) is 0 Å². The van der Waals surface area contributed by atoms with E-state index < -0.39 is 72.9 Å². The minimum atomic E-state index is -1.80. The summed E-state index contributed by atoms with van der Waals surface area (Å²) in [5.74, 6) is -6.31. The van der Waals surface area contributed by atoms with Gasteiger partial charge >= 0.3 is 0 Å². The Labute approximate surface area is 194 Å². The number of non-ortho nitro benzene ring substituents is 2. The lowest BCUT2D eigenvalue weighted by atomic mass is 10.0. The average Bonchev–Trinajstić information content (AvgIpc) is 2.83. The van der Waals surface area contributed by atoms with Crippen molar-refractivity contribution in [2.75, 3.05) is 4.90 Å². The van der Waals surface area contributed by atoms with Crippen LogP contribution in [0.25, 0.3) is 0 Å². The number of nitro benzene ring substituents is 2. The Hall–Kier alpha value is -5.46. The van der Waals surface area contributed by atoms with E-state index in [-0.39, 0.29) is 4.90 Å². The minimum absolute atomic E-state index is 0.246. The number of carboxylic acids is 2. The first-order valence-corrected chi connectivity index (χ1v) is 9.46. The number of hydrogen-bond acceptors (Lipinski definition) is 10. The van der Waals surface area contributed by atoms with E-state index in [0.29, 0.717) is 18.2 Å². The molecule has 0 aliphatic rings. The lowest BCUT2D eigenvalue weighted by Gasteiger charge is -2.25. The van der Waals surface area contributed by atoms with E-state index >= 15 is 0 Å². The van der Waals surface area contributed by atoms with Gasteiger partial charge in [-0.15, -0.1) is 0 Å². The molecule has 0 heterocycles. The Morgan fingerprint density at radius 3 is 1.57 bits per heavy atom. The van der Waals surface area contributed by atoms with Gasteiger partial charge in [-0.25, -0.2) is 4.90 Å². The van der Waals surface area contributed by atoms with Gasteiger partial charge in [0.05, 0.1) is 39.1 Å². The molecule has 0 radical (unpaired) electrons. The van der Waals surface area contributed by atoms with E-state index in [4.69, 9.17) is 0 Å². The lowest BCUT2D eigenvalue weighted by molar-refractivity contribution is -0.394. The van der Waals surface area contributed by atoms with Gasteiger partial charge < -0.3 is 19.8 Å². The first-order chi connectivity index (χ1) is 16.5. The highest BCUT2D eigenvalue weighted by Gasteiger charge is 2.31. The Bertz CT molecular complexity index is 1380. The molecule has 0 aliphatic heterocycles. The number of para-hydroxylation sites is 1. The Morgan fingerprint density at radius 2 is 1.09 bits per heavy atom. The number of imide groups is 1. The number of carbonyl (C=O) groups excluding carboxylic acids is 4. The van der Waals surface area contributed by atoms with Gasteiger partial charge in [-0.2, -0.15) is 0 Å². The van der Waals surface area contributed by atoms with Crippen LogP contribution in [0, 0.1) is 20.2 Å². The van der Waals surface area contributed by atoms with Crippen LogP contribution >= 0.6 is 0 Å². The molecule has 13 nitrogen and oxygen atoms in total. The van der Waals surface area contributed by atoms with Gasteiger partial charge in [0.2, 0.25) is 0 Å². The van der Waals surface area contributed by atoms with Gasteiger partial charge in [-0.3, -0.25) is 29.8 Å². The highest BCUT2D eigenvalue weighted by molar-refractivity contribution is 6.28. The van der Waals surface area contributed by atoms with Gasteiger partial charge in [0.25, 0.3) is 23.2 Å². The summed E-state index contributed by atoms with van der Waals surface area (Å²) in [5, 5.41) is 45.7. The summed E-state index contributed by atoms with van der Waals surface area (Å²) in [6, 6.07) is 11.0. The zero-order valence-corrected chi connectivity index (χ0v) is 17.3. The predicted octanol–water partition coefficient (Wildman–Crippen LogP) is 0.717. The molecule has 0 saturated carbocycles. The largest absolute Gasteiger partial charge is 0.545 e. The molecule has 0 unspecified atom stereocenters. The van der Waals surface area contributed by atoms with Crippen LogP contribution in [0.5, 0.6) is 0 Å². The van der Waals surface area contributed by atoms with E-state index in [1.165, 1.54) is 24.3 Å². The lowest BCUT2D eigenvalue weighted by Crippen LogP contribution is -2.40. The quantitative estimate of drug-likeness (QED) is 0.265. The van der Waals surface area contributed by atoms with E-state index in [0.717, 1.165) is 24.3 Å². The summed E-state index contributed by atoms with van der Waals surface area (Å²) >= 11 is 0. The van der Waals surface area contributed by atoms with Crippen molar-refractivity contribution in [1.29, 1.82) is 0 Å². The maximum atomic E-state index is 13.4. The Balaban J connectivity index is 2.31. The molecule has 0 spiro atoms. The minimum Gasteiger partial charge on any atom is -0.545 e. The Morgan fingerprint density at radius 1 is 0.629 bits per heavy atom. The molecule has 35 heavy (non-hydrogen) atoms. The number of hydrogen-bond donors (Lipinski definition) is 0. The van der Waals surface area contributed by atoms with Crippen LogP contribution in [0.3, 0.4) is 0 Å². The van der Waals surface area contributed by atoms with Crippen molar-refractivity contribution in [3.05, 3.63) is 109 Å². The van der Waals surface area contributed by atoms with Crippen molar-refractivity contribution in [2.45, 2.75) is 0 Å². The van der Waals surface area contributed by atoms with Crippen molar-refractivity contribution in [2.24, 2.45) is 0 Å². The van der Waals surface area contributed by atoms with Gasteiger partial charge in [-0.1, -0.05) is 36.4 Å². The van der Waals surface area contributed by atoms with Gasteiger partial charge in [0, 0.05) is 28.8 Å². The molecule has 13 heteroatoms. The summed E-state index contributed by atoms with van der Waals surface area (Å²) in [5.41, 5.74) is -4.83. The number of carbonyl (C=O) groups is 4. The van der Waals surface area contributed by atoms with Gasteiger partial charge in [-0.05, 0) is 12.1 Å². The first kappa shape index (κ1) is 24.2. The van der Waals surface area contributed by atoms with Crippen LogP contribution in [0.15, 0.2) is 66.7 Å². The normalized spacial score (nSPS) is 10.3. The second kappa shape index (κ2) is 9.58. The highest BCUT2D eigenvalue weighted by atomic mass is 16.6. The monoisotopic (exact) mass is 477 g/mol. The molecular weight excluding hydrogens is 466 g/mol. The van der Waals surface area contributed by atoms with Crippen LogP contribution in [-0.4, -0.2) is 33.6 Å². The van der Waals surface area contributed by atoms with Gasteiger partial charge in [0.15, 0.2) is 0 Å². The standard InChI is InChI=1S/C22H13N3O10/c26-19(12-9-13(24(32)33)11-14(10-12)25(34)35)23(18-8-4-3-7-17(18)22(30)31)20(27)15-5-1-2-6-16(15)21(28)29/h1-11H,(H,28,29)(H,30,31)/p-2. The number of rotatable bonds is 7. The number of aromatic carboxylic acids is 2. The molecule has 0 aliphatic carbocycles. The smallest absolute Gasteiger partial charge is 0.277 e. The number of nitro groups is 2. The van der Waals surface area contributed by atoms with Crippen molar-refractivity contribution in [1.82, 2.24) is 0 Å². The molecule has 3 rings (SSSR count). The first-order valence-electron chi connectivity index (χ1n) is 9.46. The van der Waals surface area contributed by atoms with Crippen molar-refractivity contribution < 1.29 is 39.2 Å². The van der Waals surface area contributed by atoms with E-state index in [2.05, 4.69) is 0 Å². The number of amides is 2. The summed E-state index contributed by atoms with van der Waals surface area (Å²) in [6.07, 6.45) is 0. The fraction of sp³-hybridized carbons (Fsp3) is 0. The number of nitrogens with zero attached hydrogens (tertiary/aromatic N) is 3. The summed E-state index contributed by atoms with van der Waals surface area (Å²) in [6.45, 7) is 0. The molecule has 0 bridgehead atoms. The van der Waals surface area contributed by atoms with Crippen LogP contribution < -0.4 is 15.1 Å². The summed E-state index contributed by atoms with van der Waals surface area (Å²) in [7, 11) is 0. The molecule has 0 N–H and O–H groups in total. The third kappa shape index (κ3) is 4.83. The Kier molecular flexibility index (Phi) is 6.62. The van der Waals surface area contributed by atoms with Crippen LogP contribution in [-0.2, 0) is 0 Å². The van der Waals surface area contributed by atoms with Crippen LogP contribution in [0.2, 0.25) is 0 Å². The second-order valence-corrected chi connectivity index (χ2v) is 6.84. The molecule has 0 saturated heterocycles. The molecule has 2 amide bonds. The van der Waals surface area contributed by atoms with Crippen molar-refractivity contribution in [3.8, 4) is 0 Å². The maximum absolute atomic E-state index is 13.4. The van der Waals surface area contributed by atoms with Crippen molar-refractivity contribution in [3.63, 3.8) is 0 Å². The summed E-state index contributed by atoms with van der Waals surface area (Å²) < 4.78 is 0. The van der Waals surface area contributed by atoms with E-state index in [9.17, 15) is 49.6 Å². The zero-order chi connectivity index (χ0) is 25.9. The van der Waals surface area contributed by atoms with E-state index in [1.807, 2.05) is 0 Å². The fourth-order valence-electron chi connectivity index (χ4n) is 3.18. The number of carboxylic acid groups (broad SMARTS) is 2. The SMILES string of the molecule is O=C([O-])c1ccccc1C(=O)N(C(=O)c1cc([N+](=O)[O-])cc([N+](=O)[O-])c1)c1ccccc1C(=O)[O-]. The fourth-order valence-corrected chi connectivity index (χ4v) is 3.18. The molecule has 3 aromatic rings. The maximum Gasteiger partial charge on any atom is 0.277 e. The highest BCUT2D eigenvalue weighted by Crippen LogP contribution is 2.29.